The van der Waals surface area contributed by atoms with Crippen molar-refractivity contribution < 1.29 is 36.6 Å². The maximum absolute atomic E-state index is 14.8. The highest BCUT2D eigenvalue weighted by Gasteiger charge is 2.35. The summed E-state index contributed by atoms with van der Waals surface area (Å²) in [6.07, 6.45) is -5.13. The van der Waals surface area contributed by atoms with Gasteiger partial charge in [-0.05, 0) is 32.9 Å². The van der Waals surface area contributed by atoms with E-state index in [0.29, 0.717) is 0 Å². The van der Waals surface area contributed by atoms with Gasteiger partial charge in [-0.2, -0.15) is 13.2 Å². The second-order valence-corrected chi connectivity index (χ2v) is 8.04. The number of nitrogens with two attached hydrogens (primary N) is 1. The van der Waals surface area contributed by atoms with Crippen LogP contribution in [0.1, 0.15) is 26.5 Å². The molecule has 1 unspecified atom stereocenters. The average Bonchev–Trinajstić information content (AvgIpc) is 2.79. The minimum Gasteiger partial charge on any atom is -0.460 e. The number of pyridine rings is 1. The number of hydrogen-bond donors (Lipinski definition) is 1. The molecule has 0 saturated heterocycles. The van der Waals surface area contributed by atoms with Gasteiger partial charge in [-0.1, -0.05) is 0 Å². The van der Waals surface area contributed by atoms with Crippen molar-refractivity contribution in [1.29, 1.82) is 0 Å². The number of aromatic nitrogens is 3. The minimum atomic E-state index is -4.99. The SMILES string of the molecule is CC(C)OC(=O)C(C)Oc1ncccc1Oc1cc(-n2c(=O)cc(C(F)(F)F)n(C)c2=O)c(F)cc1N. The predicted molar refractivity (Wildman–Crippen MR) is 122 cm³/mol. The van der Waals surface area contributed by atoms with Crippen LogP contribution in [0.25, 0.3) is 5.69 Å². The summed E-state index contributed by atoms with van der Waals surface area (Å²) in [6, 6.07) is 4.61. The first-order valence-corrected chi connectivity index (χ1v) is 10.7. The molecule has 10 nitrogen and oxygen atoms in total. The van der Waals surface area contributed by atoms with Crippen LogP contribution in [0.2, 0.25) is 0 Å². The van der Waals surface area contributed by atoms with Crippen LogP contribution < -0.4 is 26.5 Å². The van der Waals surface area contributed by atoms with E-state index in [4.69, 9.17) is 19.9 Å². The summed E-state index contributed by atoms with van der Waals surface area (Å²) in [5.41, 5.74) is 0.479. The lowest BCUT2D eigenvalue weighted by Gasteiger charge is -2.18. The van der Waals surface area contributed by atoms with Crippen LogP contribution in [-0.2, 0) is 22.8 Å². The Balaban J connectivity index is 2.04. The number of carbonyl (C=O) groups is 1. The molecule has 0 aliphatic rings. The van der Waals surface area contributed by atoms with Gasteiger partial charge in [-0.25, -0.2) is 23.5 Å². The van der Waals surface area contributed by atoms with E-state index in [-0.39, 0.29) is 38.3 Å². The van der Waals surface area contributed by atoms with Gasteiger partial charge in [0.25, 0.3) is 11.4 Å². The molecule has 0 spiro atoms. The molecule has 0 aliphatic carbocycles. The largest absolute Gasteiger partial charge is 0.460 e. The molecule has 2 N–H and O–H groups in total. The maximum Gasteiger partial charge on any atom is 0.431 e. The van der Waals surface area contributed by atoms with Gasteiger partial charge in [0, 0.05) is 31.4 Å². The molecule has 0 amide bonds. The minimum absolute atomic E-state index is 0.0800. The van der Waals surface area contributed by atoms with Crippen molar-refractivity contribution in [2.45, 2.75) is 39.2 Å². The molecule has 0 radical (unpaired) electrons. The molecular weight excluding hydrogens is 504 g/mol. The molecule has 0 bridgehead atoms. The Kier molecular flexibility index (Phi) is 7.60. The van der Waals surface area contributed by atoms with E-state index in [1.54, 1.807) is 13.8 Å². The third-order valence-corrected chi connectivity index (χ3v) is 4.86. The summed E-state index contributed by atoms with van der Waals surface area (Å²) < 4.78 is 70.9. The number of hydrogen-bond acceptors (Lipinski definition) is 8. The molecule has 3 aromatic rings. The molecule has 1 aromatic carbocycles. The van der Waals surface area contributed by atoms with Gasteiger partial charge in [0.2, 0.25) is 0 Å². The fraction of sp³-hybridized carbons (Fsp3) is 0.304. The number of ether oxygens (including phenoxy) is 3. The van der Waals surface area contributed by atoms with Crippen LogP contribution in [0.15, 0.2) is 46.1 Å². The van der Waals surface area contributed by atoms with Crippen molar-refractivity contribution in [3.63, 3.8) is 0 Å². The van der Waals surface area contributed by atoms with Crippen molar-refractivity contribution in [2.75, 3.05) is 5.73 Å². The predicted octanol–water partition coefficient (Wildman–Crippen LogP) is 3.18. The van der Waals surface area contributed by atoms with Gasteiger partial charge in [-0.3, -0.25) is 9.36 Å². The van der Waals surface area contributed by atoms with E-state index in [1.165, 1.54) is 25.3 Å². The van der Waals surface area contributed by atoms with Gasteiger partial charge in [0.05, 0.1) is 17.5 Å². The maximum atomic E-state index is 14.8. The molecule has 0 fully saturated rings. The van der Waals surface area contributed by atoms with Gasteiger partial charge < -0.3 is 19.9 Å². The number of esters is 1. The Hall–Kier alpha value is -4.36. The van der Waals surface area contributed by atoms with Crippen LogP contribution in [0.3, 0.4) is 0 Å². The first-order valence-electron chi connectivity index (χ1n) is 10.7. The zero-order chi connectivity index (χ0) is 27.7. The van der Waals surface area contributed by atoms with Crippen molar-refractivity contribution in [3.8, 4) is 23.1 Å². The number of rotatable bonds is 7. The highest BCUT2D eigenvalue weighted by Crippen LogP contribution is 2.35. The van der Waals surface area contributed by atoms with E-state index in [0.717, 1.165) is 19.2 Å². The van der Waals surface area contributed by atoms with Crippen LogP contribution in [-0.4, -0.2) is 32.3 Å². The number of alkyl halides is 3. The monoisotopic (exact) mass is 526 g/mol. The van der Waals surface area contributed by atoms with Gasteiger partial charge in [-0.15, -0.1) is 0 Å². The summed E-state index contributed by atoms with van der Waals surface area (Å²) >= 11 is 0. The number of nitrogen functional groups attached to an aromatic ring is 1. The second kappa shape index (κ2) is 10.3. The lowest BCUT2D eigenvalue weighted by Crippen LogP contribution is -2.41. The smallest absolute Gasteiger partial charge is 0.431 e. The lowest BCUT2D eigenvalue weighted by atomic mass is 10.2. The summed E-state index contributed by atoms with van der Waals surface area (Å²) in [5, 5.41) is 0. The van der Waals surface area contributed by atoms with E-state index in [9.17, 15) is 31.9 Å². The first-order chi connectivity index (χ1) is 17.2. The summed E-state index contributed by atoms with van der Waals surface area (Å²) in [7, 11) is 0.790. The summed E-state index contributed by atoms with van der Waals surface area (Å²) in [4.78, 5) is 41.1. The second-order valence-electron chi connectivity index (χ2n) is 8.04. The Morgan fingerprint density at radius 1 is 1.11 bits per heavy atom. The molecule has 2 heterocycles. The van der Waals surface area contributed by atoms with Crippen LogP contribution in [0, 0.1) is 5.82 Å². The molecule has 3 rings (SSSR count). The van der Waals surface area contributed by atoms with Crippen LogP contribution in [0.4, 0.5) is 23.2 Å². The normalized spacial score (nSPS) is 12.4. The Morgan fingerprint density at radius 2 is 1.78 bits per heavy atom. The summed E-state index contributed by atoms with van der Waals surface area (Å²) in [5.74, 6) is -2.36. The third kappa shape index (κ3) is 5.90. The molecular formula is C23H22F4N4O6. The van der Waals surface area contributed by atoms with Crippen molar-refractivity contribution in [2.24, 2.45) is 7.05 Å². The lowest BCUT2D eigenvalue weighted by molar-refractivity contribution is -0.155. The third-order valence-electron chi connectivity index (χ3n) is 4.86. The quantitative estimate of drug-likeness (QED) is 0.283. The fourth-order valence-corrected chi connectivity index (χ4v) is 3.14. The molecule has 1 atom stereocenters. The van der Waals surface area contributed by atoms with Crippen molar-refractivity contribution in [3.05, 3.63) is 68.9 Å². The molecule has 198 valence electrons. The molecule has 0 saturated carbocycles. The molecule has 14 heteroatoms. The first kappa shape index (κ1) is 27.2. The van der Waals surface area contributed by atoms with Crippen LogP contribution in [0.5, 0.6) is 17.4 Å². The summed E-state index contributed by atoms with van der Waals surface area (Å²) in [6.45, 7) is 4.73. The molecule has 37 heavy (non-hydrogen) atoms. The number of halogens is 4. The highest BCUT2D eigenvalue weighted by atomic mass is 19.4. The van der Waals surface area contributed by atoms with Gasteiger partial charge in [0.15, 0.2) is 17.6 Å². The van der Waals surface area contributed by atoms with E-state index in [2.05, 4.69) is 4.98 Å². The Bertz CT molecular complexity index is 1450. The number of carbonyl (C=O) groups excluding carboxylic acids is 1. The molecule has 2 aromatic heterocycles. The number of nitrogens with zero attached hydrogens (tertiary/aromatic N) is 3. The molecule has 0 aliphatic heterocycles. The van der Waals surface area contributed by atoms with Gasteiger partial charge in [0.1, 0.15) is 11.5 Å². The van der Waals surface area contributed by atoms with E-state index >= 15 is 0 Å². The number of benzene rings is 1. The standard InChI is InChI=1S/C23H22F4N4O6/c1-11(2)35-21(33)12(3)36-20-16(6-5-7-29-20)37-17-9-15(13(24)8-14(17)28)31-19(32)10-18(23(25,26)27)30(4)22(31)34/h5-12H,28H2,1-4H3. The number of anilines is 1. The zero-order valence-corrected chi connectivity index (χ0v) is 20.0. The van der Waals surface area contributed by atoms with E-state index < -0.39 is 52.8 Å². The van der Waals surface area contributed by atoms with Crippen LogP contribution >= 0.6 is 0 Å². The van der Waals surface area contributed by atoms with Crippen molar-refractivity contribution in [1.82, 2.24) is 14.1 Å². The van der Waals surface area contributed by atoms with E-state index in [1.807, 2.05) is 0 Å². The highest BCUT2D eigenvalue weighted by molar-refractivity contribution is 5.74. The average molecular weight is 526 g/mol. The van der Waals surface area contributed by atoms with Gasteiger partial charge >= 0.3 is 17.8 Å². The van der Waals surface area contributed by atoms with Crippen molar-refractivity contribution >= 4 is 11.7 Å². The zero-order valence-electron chi connectivity index (χ0n) is 20.0. The topological polar surface area (TPSA) is 128 Å². The fourth-order valence-electron chi connectivity index (χ4n) is 3.14. The Morgan fingerprint density at radius 3 is 2.41 bits per heavy atom. The Labute approximate surface area is 206 Å².